The van der Waals surface area contributed by atoms with E-state index in [4.69, 9.17) is 0 Å². The normalized spacial score (nSPS) is 11.4. The molecular weight excluding hydrogens is 390 g/mol. The maximum Gasteiger partial charge on any atom is 0.254 e. The van der Waals surface area contributed by atoms with Crippen LogP contribution in [0.15, 0.2) is 47.4 Å². The number of carbonyl (C=O) groups is 2. The van der Waals surface area contributed by atoms with Gasteiger partial charge >= 0.3 is 0 Å². The summed E-state index contributed by atoms with van der Waals surface area (Å²) in [4.78, 5) is 26.3. The van der Waals surface area contributed by atoms with Crippen molar-refractivity contribution in [2.24, 2.45) is 0 Å². The number of likely N-dealkylation sites (N-methyl/N-ethyl adjacent to an activating group) is 1. The van der Waals surface area contributed by atoms with Crippen LogP contribution in [0.3, 0.4) is 0 Å². The summed E-state index contributed by atoms with van der Waals surface area (Å²) >= 11 is 0. The summed E-state index contributed by atoms with van der Waals surface area (Å²) in [7, 11) is -2.10. The van der Waals surface area contributed by atoms with E-state index in [1.54, 1.807) is 13.8 Å². The van der Waals surface area contributed by atoms with Gasteiger partial charge in [-0.1, -0.05) is 18.2 Å². The Morgan fingerprint density at radius 3 is 2.07 bits per heavy atom. The van der Waals surface area contributed by atoms with Crippen LogP contribution >= 0.6 is 0 Å². The number of nitrogens with one attached hydrogen (secondary N) is 2. The van der Waals surface area contributed by atoms with Crippen LogP contribution < -0.4 is 10.0 Å². The van der Waals surface area contributed by atoms with Gasteiger partial charge < -0.3 is 10.2 Å². The molecule has 29 heavy (non-hydrogen) atoms. The van der Waals surface area contributed by atoms with Crippen LogP contribution in [0.25, 0.3) is 0 Å². The molecule has 0 aliphatic carbocycles. The van der Waals surface area contributed by atoms with Crippen molar-refractivity contribution >= 4 is 27.5 Å². The molecule has 0 bridgehead atoms. The minimum absolute atomic E-state index is 0.0816. The smallest absolute Gasteiger partial charge is 0.254 e. The van der Waals surface area contributed by atoms with Crippen molar-refractivity contribution < 1.29 is 18.0 Å². The van der Waals surface area contributed by atoms with E-state index in [0.29, 0.717) is 5.56 Å². The third kappa shape index (κ3) is 5.88. The predicted octanol–water partition coefficient (Wildman–Crippen LogP) is 2.70. The molecule has 0 aliphatic heterocycles. The van der Waals surface area contributed by atoms with Crippen LogP contribution in [-0.4, -0.2) is 44.8 Å². The summed E-state index contributed by atoms with van der Waals surface area (Å²) in [5, 5.41) is 2.84. The molecule has 0 heterocycles. The summed E-state index contributed by atoms with van der Waals surface area (Å²) < 4.78 is 26.8. The summed E-state index contributed by atoms with van der Waals surface area (Å²) in [5.41, 5.74) is 2.93. The third-order valence-corrected chi connectivity index (χ3v) is 5.95. The standard InChI is InChI=1S/C21H27N3O4S/c1-14(2)23-29(27,28)18-11-9-17(10-12-18)21(26)24(5)13-19(25)22-20-15(3)7-6-8-16(20)4/h6-12,14,23H,13H2,1-5H3,(H,22,25). The summed E-state index contributed by atoms with van der Waals surface area (Å²) in [6, 6.07) is 11.1. The fourth-order valence-corrected chi connectivity index (χ4v) is 4.10. The molecule has 2 aromatic rings. The van der Waals surface area contributed by atoms with Crippen molar-refractivity contribution in [3.8, 4) is 0 Å². The van der Waals surface area contributed by atoms with Gasteiger partial charge in [-0.3, -0.25) is 9.59 Å². The molecule has 0 unspecified atom stereocenters. The van der Waals surface area contributed by atoms with Gasteiger partial charge in [-0.2, -0.15) is 0 Å². The number of carbonyl (C=O) groups excluding carboxylic acids is 2. The molecule has 2 amide bonds. The average Bonchev–Trinajstić information content (AvgIpc) is 2.63. The Labute approximate surface area is 172 Å². The van der Waals surface area contributed by atoms with Gasteiger partial charge in [0, 0.05) is 24.3 Å². The number of benzene rings is 2. The van der Waals surface area contributed by atoms with E-state index in [1.165, 1.54) is 36.2 Å². The minimum atomic E-state index is -3.62. The topological polar surface area (TPSA) is 95.6 Å². The van der Waals surface area contributed by atoms with E-state index in [0.717, 1.165) is 16.8 Å². The van der Waals surface area contributed by atoms with Crippen molar-refractivity contribution in [1.29, 1.82) is 0 Å². The van der Waals surface area contributed by atoms with Crippen LogP contribution in [0.5, 0.6) is 0 Å². The van der Waals surface area contributed by atoms with Crippen molar-refractivity contribution in [1.82, 2.24) is 9.62 Å². The summed E-state index contributed by atoms with van der Waals surface area (Å²) in [5.74, 6) is -0.680. The number of amides is 2. The fourth-order valence-electron chi connectivity index (χ4n) is 2.85. The Morgan fingerprint density at radius 1 is 1.00 bits per heavy atom. The van der Waals surface area contributed by atoms with Gasteiger partial charge in [0.15, 0.2) is 0 Å². The molecular formula is C21H27N3O4S. The number of hydrogen-bond donors (Lipinski definition) is 2. The highest BCUT2D eigenvalue weighted by Crippen LogP contribution is 2.19. The Balaban J connectivity index is 2.05. The van der Waals surface area contributed by atoms with Crippen molar-refractivity contribution in [2.75, 3.05) is 18.9 Å². The van der Waals surface area contributed by atoms with Gasteiger partial charge in [-0.05, 0) is 63.1 Å². The molecule has 2 rings (SSSR count). The van der Waals surface area contributed by atoms with Gasteiger partial charge in [0.1, 0.15) is 0 Å². The predicted molar refractivity (Wildman–Crippen MR) is 113 cm³/mol. The summed E-state index contributed by atoms with van der Waals surface area (Å²) in [6.07, 6.45) is 0. The van der Waals surface area contributed by atoms with Crippen molar-refractivity contribution in [3.63, 3.8) is 0 Å². The minimum Gasteiger partial charge on any atom is -0.332 e. The van der Waals surface area contributed by atoms with Crippen LogP contribution in [0.4, 0.5) is 5.69 Å². The SMILES string of the molecule is Cc1cccc(C)c1NC(=O)CN(C)C(=O)c1ccc(S(=O)(=O)NC(C)C)cc1. The van der Waals surface area contributed by atoms with Crippen LogP contribution in [-0.2, 0) is 14.8 Å². The van der Waals surface area contributed by atoms with Gasteiger partial charge in [0.25, 0.3) is 5.91 Å². The first-order valence-electron chi connectivity index (χ1n) is 9.25. The lowest BCUT2D eigenvalue weighted by atomic mass is 10.1. The van der Waals surface area contributed by atoms with Gasteiger partial charge in [-0.25, -0.2) is 13.1 Å². The third-order valence-electron chi connectivity index (χ3n) is 4.28. The number of aryl methyl sites for hydroxylation is 2. The van der Waals surface area contributed by atoms with Crippen LogP contribution in [0.2, 0.25) is 0 Å². The Hall–Kier alpha value is -2.71. The first-order chi connectivity index (χ1) is 13.5. The number of anilines is 1. The first kappa shape index (κ1) is 22.6. The Bertz CT molecular complexity index is 979. The van der Waals surface area contributed by atoms with E-state index < -0.39 is 10.0 Å². The monoisotopic (exact) mass is 417 g/mol. The summed E-state index contributed by atoms with van der Waals surface area (Å²) in [6.45, 7) is 7.14. The second-order valence-electron chi connectivity index (χ2n) is 7.28. The highest BCUT2D eigenvalue weighted by Gasteiger charge is 2.19. The number of hydrogen-bond acceptors (Lipinski definition) is 4. The number of nitrogens with zero attached hydrogens (tertiary/aromatic N) is 1. The first-order valence-corrected chi connectivity index (χ1v) is 10.7. The fraction of sp³-hybridized carbons (Fsp3) is 0.333. The van der Waals surface area contributed by atoms with E-state index in [9.17, 15) is 18.0 Å². The molecule has 0 fully saturated rings. The van der Waals surface area contributed by atoms with Crippen LogP contribution in [0.1, 0.15) is 35.3 Å². The van der Waals surface area contributed by atoms with E-state index >= 15 is 0 Å². The highest BCUT2D eigenvalue weighted by atomic mass is 32.2. The molecule has 0 saturated carbocycles. The number of sulfonamides is 1. The van der Waals surface area contributed by atoms with Gasteiger partial charge in [-0.15, -0.1) is 0 Å². The zero-order chi connectivity index (χ0) is 21.8. The lowest BCUT2D eigenvalue weighted by molar-refractivity contribution is -0.116. The lowest BCUT2D eigenvalue weighted by Crippen LogP contribution is -2.35. The molecule has 0 radical (unpaired) electrons. The molecule has 8 heteroatoms. The average molecular weight is 418 g/mol. The number of para-hydroxylation sites is 1. The highest BCUT2D eigenvalue weighted by molar-refractivity contribution is 7.89. The van der Waals surface area contributed by atoms with E-state index in [1.807, 2.05) is 32.0 Å². The molecule has 0 aromatic heterocycles. The van der Waals surface area contributed by atoms with Crippen LogP contribution in [0, 0.1) is 13.8 Å². The molecule has 0 atom stereocenters. The molecule has 2 aromatic carbocycles. The van der Waals surface area contributed by atoms with Gasteiger partial charge in [0.05, 0.1) is 11.4 Å². The maximum atomic E-state index is 12.6. The molecule has 7 nitrogen and oxygen atoms in total. The second kappa shape index (κ2) is 9.19. The van der Waals surface area contributed by atoms with Gasteiger partial charge in [0.2, 0.25) is 15.9 Å². The molecule has 156 valence electrons. The zero-order valence-electron chi connectivity index (χ0n) is 17.3. The largest absolute Gasteiger partial charge is 0.332 e. The molecule has 0 spiro atoms. The number of rotatable bonds is 7. The van der Waals surface area contributed by atoms with Crippen molar-refractivity contribution in [2.45, 2.75) is 38.6 Å². The zero-order valence-corrected chi connectivity index (χ0v) is 18.1. The maximum absolute atomic E-state index is 12.6. The lowest BCUT2D eigenvalue weighted by Gasteiger charge is -2.18. The Kier molecular flexibility index (Phi) is 7.16. The van der Waals surface area contributed by atoms with E-state index in [2.05, 4.69) is 10.0 Å². The second-order valence-corrected chi connectivity index (χ2v) is 8.99. The van der Waals surface area contributed by atoms with Crippen molar-refractivity contribution in [3.05, 3.63) is 59.2 Å². The molecule has 2 N–H and O–H groups in total. The molecule has 0 aliphatic rings. The quantitative estimate of drug-likeness (QED) is 0.724. The Morgan fingerprint density at radius 2 is 1.55 bits per heavy atom. The molecule has 0 saturated heterocycles. The van der Waals surface area contributed by atoms with E-state index in [-0.39, 0.29) is 29.3 Å².